The Kier molecular flexibility index (Phi) is 2.32. The fraction of sp³-hybridized carbons (Fsp3) is 0. The van der Waals surface area contributed by atoms with Crippen LogP contribution in [-0.2, 0) is 0 Å². The molecule has 0 spiro atoms. The fourth-order valence-electron chi connectivity index (χ4n) is 1.32. The molecule has 8 nitrogen and oxygen atoms in total. The number of nitro groups is 1. The van der Waals surface area contributed by atoms with Crippen molar-refractivity contribution in [2.45, 2.75) is 0 Å². The second-order valence-electron chi connectivity index (χ2n) is 3.15. The molecule has 0 bridgehead atoms. The minimum atomic E-state index is -1.43. The molecule has 0 aromatic carbocycles. The Balaban J connectivity index is 2.83. The largest absolute Gasteiger partial charge is 0.477 e. The van der Waals surface area contributed by atoms with E-state index in [1.54, 1.807) is 0 Å². The van der Waals surface area contributed by atoms with Gasteiger partial charge in [-0.1, -0.05) is 0 Å². The van der Waals surface area contributed by atoms with E-state index in [-0.39, 0.29) is 11.3 Å². The molecular formula is C9H5N3O5. The lowest BCUT2D eigenvalue weighted by Gasteiger charge is -2.00. The molecule has 2 heterocycles. The van der Waals surface area contributed by atoms with E-state index in [1.165, 1.54) is 12.1 Å². The summed E-state index contributed by atoms with van der Waals surface area (Å²) in [5, 5.41) is 19.2. The van der Waals surface area contributed by atoms with Gasteiger partial charge >= 0.3 is 5.97 Å². The van der Waals surface area contributed by atoms with Crippen LogP contribution in [-0.4, -0.2) is 25.4 Å². The number of fused-ring (bicyclic) bond motifs is 1. The Labute approximate surface area is 92.9 Å². The summed E-state index contributed by atoms with van der Waals surface area (Å²) < 4.78 is 0.835. The van der Waals surface area contributed by atoms with Gasteiger partial charge in [-0.15, -0.1) is 0 Å². The molecule has 0 radical (unpaired) electrons. The molecule has 1 N–H and O–H groups in total. The summed E-state index contributed by atoms with van der Waals surface area (Å²) in [6, 6.07) is 2.45. The van der Waals surface area contributed by atoms with Crippen molar-refractivity contribution in [3.05, 3.63) is 50.6 Å². The third-order valence-corrected chi connectivity index (χ3v) is 2.13. The predicted molar refractivity (Wildman–Crippen MR) is 55.1 cm³/mol. The smallest absolute Gasteiger partial charge is 0.342 e. The molecule has 0 saturated heterocycles. The molecule has 2 rings (SSSR count). The number of carboxylic acid groups (broad SMARTS) is 1. The molecule has 17 heavy (non-hydrogen) atoms. The number of hydrogen-bond acceptors (Lipinski definition) is 5. The molecule has 8 heteroatoms. The van der Waals surface area contributed by atoms with E-state index in [0.717, 1.165) is 16.8 Å². The van der Waals surface area contributed by atoms with E-state index in [0.29, 0.717) is 0 Å². The Morgan fingerprint density at radius 3 is 2.76 bits per heavy atom. The van der Waals surface area contributed by atoms with Gasteiger partial charge in [0.05, 0.1) is 11.1 Å². The molecule has 0 aliphatic carbocycles. The van der Waals surface area contributed by atoms with Crippen LogP contribution in [0.5, 0.6) is 0 Å². The van der Waals surface area contributed by atoms with Crippen molar-refractivity contribution < 1.29 is 14.8 Å². The molecule has 0 amide bonds. The maximum absolute atomic E-state index is 11.7. The van der Waals surface area contributed by atoms with Crippen LogP contribution >= 0.6 is 0 Å². The highest BCUT2D eigenvalue weighted by molar-refractivity contribution is 5.86. The lowest BCUT2D eigenvalue weighted by atomic mass is 10.3. The van der Waals surface area contributed by atoms with E-state index in [1.807, 2.05) is 0 Å². The average Bonchev–Trinajstić information content (AvgIpc) is 2.28. The number of aromatic nitrogens is 2. The maximum atomic E-state index is 11.7. The van der Waals surface area contributed by atoms with Gasteiger partial charge in [0.1, 0.15) is 11.2 Å². The Morgan fingerprint density at radius 2 is 2.18 bits per heavy atom. The van der Waals surface area contributed by atoms with Gasteiger partial charge in [-0.3, -0.25) is 19.3 Å². The van der Waals surface area contributed by atoms with E-state index in [4.69, 9.17) is 5.11 Å². The number of carbonyl (C=O) groups is 1. The van der Waals surface area contributed by atoms with Crippen molar-refractivity contribution in [3.63, 3.8) is 0 Å². The van der Waals surface area contributed by atoms with Gasteiger partial charge in [0.2, 0.25) is 0 Å². The van der Waals surface area contributed by atoms with E-state index < -0.39 is 22.0 Å². The predicted octanol–water partition coefficient (Wildman–Crippen LogP) is 0.301. The van der Waals surface area contributed by atoms with E-state index >= 15 is 0 Å². The van der Waals surface area contributed by atoms with Crippen LogP contribution in [0.4, 0.5) is 5.69 Å². The highest BCUT2D eigenvalue weighted by atomic mass is 16.6. The van der Waals surface area contributed by atoms with Gasteiger partial charge in [-0.2, -0.15) is 0 Å². The van der Waals surface area contributed by atoms with Crippen molar-refractivity contribution in [2.75, 3.05) is 0 Å². The zero-order valence-electron chi connectivity index (χ0n) is 8.23. The molecular weight excluding hydrogens is 230 g/mol. The number of hydrogen-bond donors (Lipinski definition) is 1. The molecule has 0 unspecified atom stereocenters. The van der Waals surface area contributed by atoms with Crippen LogP contribution in [0.25, 0.3) is 5.65 Å². The van der Waals surface area contributed by atoms with Crippen molar-refractivity contribution in [1.82, 2.24) is 9.38 Å². The minimum absolute atomic E-state index is 0.144. The Hall–Kier alpha value is -2.77. The van der Waals surface area contributed by atoms with Crippen LogP contribution < -0.4 is 5.56 Å². The molecule has 2 aromatic heterocycles. The molecule has 86 valence electrons. The van der Waals surface area contributed by atoms with Crippen LogP contribution in [0.1, 0.15) is 10.4 Å². The monoisotopic (exact) mass is 235 g/mol. The molecule has 2 aromatic rings. The molecule has 0 fully saturated rings. The quantitative estimate of drug-likeness (QED) is 0.591. The first-order valence-electron chi connectivity index (χ1n) is 4.40. The minimum Gasteiger partial charge on any atom is -0.477 e. The van der Waals surface area contributed by atoms with Crippen LogP contribution in [0.15, 0.2) is 29.3 Å². The number of nitrogens with zero attached hydrogens (tertiary/aromatic N) is 3. The average molecular weight is 235 g/mol. The lowest BCUT2D eigenvalue weighted by molar-refractivity contribution is -0.385. The van der Waals surface area contributed by atoms with Gasteiger partial charge in [-0.05, 0) is 6.07 Å². The maximum Gasteiger partial charge on any atom is 0.342 e. The first-order chi connectivity index (χ1) is 8.00. The summed E-state index contributed by atoms with van der Waals surface area (Å²) in [4.78, 5) is 35.9. The van der Waals surface area contributed by atoms with E-state index in [2.05, 4.69) is 4.98 Å². The van der Waals surface area contributed by atoms with Gasteiger partial charge in [0, 0.05) is 12.3 Å². The van der Waals surface area contributed by atoms with Gasteiger partial charge in [0.15, 0.2) is 0 Å². The topological polar surface area (TPSA) is 115 Å². The summed E-state index contributed by atoms with van der Waals surface area (Å²) in [6.45, 7) is 0. The first kappa shape index (κ1) is 10.7. The van der Waals surface area contributed by atoms with Crippen molar-refractivity contribution in [1.29, 1.82) is 0 Å². The molecule has 0 aliphatic rings. The molecule has 0 aliphatic heterocycles. The third kappa shape index (κ3) is 1.71. The standard InChI is InChI=1S/C9H5N3O5/c13-8-6(9(14)15)3-10-7-2-1-5(12(16)17)4-11(7)8/h1-4H,(H,14,15). The van der Waals surface area contributed by atoms with Crippen LogP contribution in [0.3, 0.4) is 0 Å². The van der Waals surface area contributed by atoms with Gasteiger partial charge in [-0.25, -0.2) is 9.78 Å². The number of carboxylic acids is 1. The summed E-state index contributed by atoms with van der Waals surface area (Å²) in [6.07, 6.45) is 1.86. The second-order valence-corrected chi connectivity index (χ2v) is 3.15. The Morgan fingerprint density at radius 1 is 1.47 bits per heavy atom. The van der Waals surface area contributed by atoms with Crippen molar-refractivity contribution in [2.24, 2.45) is 0 Å². The Bertz CT molecular complexity index is 685. The number of aromatic carboxylic acids is 1. The SMILES string of the molecule is O=C(O)c1cnc2ccc([N+](=O)[O-])cn2c1=O. The zero-order valence-corrected chi connectivity index (χ0v) is 8.23. The zero-order chi connectivity index (χ0) is 12.6. The second kappa shape index (κ2) is 3.67. The summed E-state index contributed by atoms with van der Waals surface area (Å²) in [5.41, 5.74) is -1.57. The molecule has 0 atom stereocenters. The fourth-order valence-corrected chi connectivity index (χ4v) is 1.32. The normalized spacial score (nSPS) is 10.4. The van der Waals surface area contributed by atoms with Gasteiger partial charge in [0.25, 0.3) is 11.2 Å². The molecule has 0 saturated carbocycles. The summed E-state index contributed by atoms with van der Waals surface area (Å²) in [5.74, 6) is -1.43. The summed E-state index contributed by atoms with van der Waals surface area (Å²) in [7, 11) is 0. The first-order valence-corrected chi connectivity index (χ1v) is 4.40. The van der Waals surface area contributed by atoms with Crippen molar-refractivity contribution >= 4 is 17.3 Å². The number of pyridine rings is 1. The van der Waals surface area contributed by atoms with Crippen molar-refractivity contribution in [3.8, 4) is 0 Å². The highest BCUT2D eigenvalue weighted by Gasteiger charge is 2.13. The van der Waals surface area contributed by atoms with Crippen LogP contribution in [0.2, 0.25) is 0 Å². The lowest BCUT2D eigenvalue weighted by Crippen LogP contribution is -2.22. The van der Waals surface area contributed by atoms with E-state index in [9.17, 15) is 19.7 Å². The highest BCUT2D eigenvalue weighted by Crippen LogP contribution is 2.10. The number of rotatable bonds is 2. The van der Waals surface area contributed by atoms with Crippen LogP contribution in [0, 0.1) is 10.1 Å². The summed E-state index contributed by atoms with van der Waals surface area (Å²) >= 11 is 0. The van der Waals surface area contributed by atoms with Gasteiger partial charge < -0.3 is 5.11 Å². The third-order valence-electron chi connectivity index (χ3n) is 2.13.